The summed E-state index contributed by atoms with van der Waals surface area (Å²) in [7, 11) is 1.29. The van der Waals surface area contributed by atoms with Gasteiger partial charge in [0.1, 0.15) is 0 Å². The number of nitrogens with one attached hydrogen (secondary N) is 1. The van der Waals surface area contributed by atoms with Crippen LogP contribution < -0.4 is 5.53 Å². The topological polar surface area (TPSA) is 75.4 Å². The van der Waals surface area contributed by atoms with Crippen molar-refractivity contribution < 1.29 is 9.53 Å². The molecule has 0 amide bonds. The summed E-state index contributed by atoms with van der Waals surface area (Å²) in [4.78, 5) is 10.7. The summed E-state index contributed by atoms with van der Waals surface area (Å²) in [6.07, 6.45) is 0. The summed E-state index contributed by atoms with van der Waals surface area (Å²) in [5.41, 5.74) is 2.12. The number of nitrogens with zero attached hydrogens (tertiary/aromatic N) is 3. The van der Waals surface area contributed by atoms with Gasteiger partial charge in [0.2, 0.25) is 0 Å². The highest BCUT2D eigenvalue weighted by atomic mass is 16.5. The number of hydrogen-bond donors (Lipinski definition) is 1. The Hall–Kier alpha value is -1.46. The average Bonchev–Trinajstić information content (AvgIpc) is 2.03. The molecule has 0 bridgehead atoms. The van der Waals surface area contributed by atoms with Gasteiger partial charge in [0, 0.05) is 6.72 Å². The quantitative estimate of drug-likeness (QED) is 0.273. The highest BCUT2D eigenvalue weighted by Crippen LogP contribution is 1.91. The molecule has 0 aliphatic rings. The summed E-state index contributed by atoms with van der Waals surface area (Å²) < 4.78 is 4.38. The summed E-state index contributed by atoms with van der Waals surface area (Å²) in [6, 6.07) is -0.616. The van der Waals surface area contributed by atoms with Gasteiger partial charge < -0.3 is 4.74 Å². The van der Waals surface area contributed by atoms with Crippen molar-refractivity contribution in [1.82, 2.24) is 5.53 Å². The van der Waals surface area contributed by atoms with Gasteiger partial charge in [0.05, 0.1) is 7.11 Å². The van der Waals surface area contributed by atoms with Gasteiger partial charge in [-0.1, -0.05) is 5.22 Å². The van der Waals surface area contributed by atoms with Gasteiger partial charge >= 0.3 is 5.97 Å². The SMILES string of the molecule is C=NNN=N[C@@H](C)C(=O)OC. The van der Waals surface area contributed by atoms with Crippen molar-refractivity contribution >= 4 is 12.7 Å². The van der Waals surface area contributed by atoms with Crippen molar-refractivity contribution in [1.29, 1.82) is 0 Å². The van der Waals surface area contributed by atoms with Crippen LogP contribution in [0.5, 0.6) is 0 Å². The molecule has 0 saturated heterocycles. The normalized spacial score (nSPS) is 12.5. The maximum atomic E-state index is 10.7. The monoisotopic (exact) mass is 158 g/mol. The fraction of sp³-hybridized carbons (Fsp3) is 0.600. The van der Waals surface area contributed by atoms with E-state index in [-0.39, 0.29) is 0 Å². The zero-order chi connectivity index (χ0) is 8.69. The highest BCUT2D eigenvalue weighted by Gasteiger charge is 2.10. The van der Waals surface area contributed by atoms with Crippen molar-refractivity contribution in [2.75, 3.05) is 7.11 Å². The van der Waals surface area contributed by atoms with Crippen molar-refractivity contribution in [3.8, 4) is 0 Å². The number of rotatable bonds is 4. The smallest absolute Gasteiger partial charge is 0.332 e. The Bertz CT molecular complexity index is 168. The maximum Gasteiger partial charge on any atom is 0.332 e. The zero-order valence-corrected chi connectivity index (χ0v) is 6.44. The summed E-state index contributed by atoms with van der Waals surface area (Å²) in [6.45, 7) is 4.65. The fourth-order valence-corrected chi connectivity index (χ4v) is 0.362. The molecule has 6 heteroatoms. The van der Waals surface area contributed by atoms with Crippen LogP contribution in [0.1, 0.15) is 6.92 Å². The van der Waals surface area contributed by atoms with Crippen LogP contribution in [0.25, 0.3) is 0 Å². The third-order valence-electron chi connectivity index (χ3n) is 0.889. The van der Waals surface area contributed by atoms with Crippen LogP contribution in [0.2, 0.25) is 0 Å². The van der Waals surface area contributed by atoms with E-state index in [0.29, 0.717) is 0 Å². The Morgan fingerprint density at radius 2 is 2.36 bits per heavy atom. The number of ether oxygens (including phenoxy) is 1. The minimum absolute atomic E-state index is 0.445. The Kier molecular flexibility index (Phi) is 4.63. The van der Waals surface area contributed by atoms with E-state index >= 15 is 0 Å². The second kappa shape index (κ2) is 5.33. The van der Waals surface area contributed by atoms with Crippen molar-refractivity contribution in [3.05, 3.63) is 0 Å². The van der Waals surface area contributed by atoms with Crippen molar-refractivity contribution in [3.63, 3.8) is 0 Å². The van der Waals surface area contributed by atoms with Gasteiger partial charge in [-0.05, 0) is 6.92 Å². The second-order valence-electron chi connectivity index (χ2n) is 1.67. The first-order valence-electron chi connectivity index (χ1n) is 2.90. The highest BCUT2D eigenvalue weighted by molar-refractivity contribution is 5.75. The van der Waals surface area contributed by atoms with Crippen LogP contribution in [0.3, 0.4) is 0 Å². The molecule has 0 saturated carbocycles. The lowest BCUT2D eigenvalue weighted by molar-refractivity contribution is -0.141. The first-order chi connectivity index (χ1) is 5.22. The summed E-state index contributed by atoms with van der Waals surface area (Å²) >= 11 is 0. The van der Waals surface area contributed by atoms with Crippen molar-refractivity contribution in [2.45, 2.75) is 13.0 Å². The van der Waals surface area contributed by atoms with Crippen LogP contribution in [-0.4, -0.2) is 25.8 Å². The number of hydrazone groups is 1. The van der Waals surface area contributed by atoms with Crippen molar-refractivity contribution in [2.24, 2.45) is 15.4 Å². The third kappa shape index (κ3) is 4.01. The zero-order valence-electron chi connectivity index (χ0n) is 6.44. The largest absolute Gasteiger partial charge is 0.467 e. The van der Waals surface area contributed by atoms with Gasteiger partial charge in [0.25, 0.3) is 0 Å². The molecule has 0 aromatic carbocycles. The molecule has 0 aliphatic heterocycles. The molecule has 0 radical (unpaired) electrons. The molecule has 11 heavy (non-hydrogen) atoms. The second-order valence-corrected chi connectivity index (χ2v) is 1.67. The number of carbonyl (C=O) groups is 1. The van der Waals surface area contributed by atoms with E-state index in [9.17, 15) is 4.79 Å². The number of esters is 1. The minimum Gasteiger partial charge on any atom is -0.467 e. The molecule has 6 nitrogen and oxygen atoms in total. The Morgan fingerprint density at radius 3 is 2.82 bits per heavy atom. The molecule has 0 heterocycles. The first kappa shape index (κ1) is 9.54. The third-order valence-corrected chi connectivity index (χ3v) is 0.889. The van der Waals surface area contributed by atoms with E-state index < -0.39 is 12.0 Å². The van der Waals surface area contributed by atoms with E-state index in [1.54, 1.807) is 6.92 Å². The predicted octanol–water partition coefficient (Wildman–Crippen LogP) is 0.120. The van der Waals surface area contributed by atoms with Gasteiger partial charge in [-0.3, -0.25) is 0 Å². The Morgan fingerprint density at radius 1 is 1.73 bits per heavy atom. The lowest BCUT2D eigenvalue weighted by Crippen LogP contribution is -2.16. The van der Waals surface area contributed by atoms with Gasteiger partial charge in [-0.2, -0.15) is 15.8 Å². The fourth-order valence-electron chi connectivity index (χ4n) is 0.362. The molecule has 0 aromatic rings. The molecule has 0 unspecified atom stereocenters. The lowest BCUT2D eigenvalue weighted by atomic mass is 10.4. The van der Waals surface area contributed by atoms with Crippen LogP contribution in [0.4, 0.5) is 0 Å². The molecule has 1 atom stereocenters. The molecule has 0 aliphatic carbocycles. The minimum atomic E-state index is -0.616. The van der Waals surface area contributed by atoms with E-state index in [4.69, 9.17) is 0 Å². The standard InChI is InChI=1S/C5H10N4O2/c1-4(5(10)11-3)7-9-8-6-2/h4H,2H2,1,3H3,(H,7,8)/t4-/m0/s1. The lowest BCUT2D eigenvalue weighted by Gasteiger charge is -1.99. The van der Waals surface area contributed by atoms with Gasteiger partial charge in [0.15, 0.2) is 6.04 Å². The first-order valence-corrected chi connectivity index (χ1v) is 2.90. The van der Waals surface area contributed by atoms with E-state index in [2.05, 4.69) is 32.4 Å². The average molecular weight is 158 g/mol. The van der Waals surface area contributed by atoms with E-state index in [0.717, 1.165) is 0 Å². The maximum absolute atomic E-state index is 10.7. The molecular formula is C5H10N4O2. The van der Waals surface area contributed by atoms with E-state index in [1.807, 2.05) is 0 Å². The predicted molar refractivity (Wildman–Crippen MR) is 39.0 cm³/mol. The van der Waals surface area contributed by atoms with Crippen LogP contribution in [-0.2, 0) is 9.53 Å². The van der Waals surface area contributed by atoms with E-state index in [1.165, 1.54) is 7.11 Å². The van der Waals surface area contributed by atoms with Crippen LogP contribution >= 0.6 is 0 Å². The molecule has 0 aromatic heterocycles. The molecule has 1 N–H and O–H groups in total. The molecular weight excluding hydrogens is 148 g/mol. The molecule has 62 valence electrons. The van der Waals surface area contributed by atoms with Crippen LogP contribution in [0, 0.1) is 0 Å². The van der Waals surface area contributed by atoms with Crippen LogP contribution in [0.15, 0.2) is 15.4 Å². The Balaban J connectivity index is 3.75. The molecule has 0 rings (SSSR count). The Labute approximate surface area is 64.3 Å². The molecule has 0 fully saturated rings. The van der Waals surface area contributed by atoms with Gasteiger partial charge in [-0.25, -0.2) is 4.79 Å². The van der Waals surface area contributed by atoms with Gasteiger partial charge in [-0.15, -0.1) is 0 Å². The number of methoxy groups -OCH3 is 1. The summed E-state index contributed by atoms with van der Waals surface area (Å²) in [5, 5.41) is 9.97. The molecule has 0 spiro atoms. The summed E-state index contributed by atoms with van der Waals surface area (Å²) in [5.74, 6) is -0.445. The number of carbonyl (C=O) groups excluding carboxylic acids is 1. The number of hydrogen-bond acceptors (Lipinski definition) is 5.